The molecule has 6 heteroatoms. The van der Waals surface area contributed by atoms with Crippen LogP contribution in [0.5, 0.6) is 17.2 Å². The van der Waals surface area contributed by atoms with Crippen LogP contribution in [0.1, 0.15) is 33.6 Å². The van der Waals surface area contributed by atoms with E-state index in [1.165, 1.54) is 0 Å². The predicted octanol–water partition coefficient (Wildman–Crippen LogP) is 4.85. The zero-order chi connectivity index (χ0) is 25.7. The third kappa shape index (κ3) is 7.21. The minimum absolute atomic E-state index is 0. The van der Waals surface area contributed by atoms with E-state index in [1.807, 2.05) is 71.9 Å². The van der Waals surface area contributed by atoms with E-state index in [2.05, 4.69) is 9.97 Å². The summed E-state index contributed by atoms with van der Waals surface area (Å²) in [6.45, 7) is 11.6. The van der Waals surface area contributed by atoms with Gasteiger partial charge < -0.3 is 15.3 Å². The Morgan fingerprint density at radius 2 is 0.917 bits per heavy atom. The van der Waals surface area contributed by atoms with Gasteiger partial charge in [-0.25, -0.2) is 0 Å². The number of rotatable bonds is 0. The quantitative estimate of drug-likeness (QED) is 0.288. The second kappa shape index (κ2) is 12.4. The number of benzene rings is 3. The summed E-state index contributed by atoms with van der Waals surface area (Å²) < 4.78 is 0. The molecule has 0 aliphatic heterocycles. The summed E-state index contributed by atoms with van der Waals surface area (Å²) in [5.41, 5.74) is 7.27. The van der Waals surface area contributed by atoms with Crippen LogP contribution in [0.15, 0.2) is 66.7 Å². The predicted molar refractivity (Wildman–Crippen MR) is 142 cm³/mol. The summed E-state index contributed by atoms with van der Waals surface area (Å²) in [6, 6.07) is 19.7. The van der Waals surface area contributed by atoms with Crippen molar-refractivity contribution in [2.75, 3.05) is 0 Å². The van der Waals surface area contributed by atoms with Crippen molar-refractivity contribution >= 4 is 39.2 Å². The van der Waals surface area contributed by atoms with Crippen LogP contribution in [0, 0.1) is 41.5 Å². The smallest absolute Gasteiger partial charge is 0.872 e. The van der Waals surface area contributed by atoms with E-state index >= 15 is 0 Å². The van der Waals surface area contributed by atoms with Gasteiger partial charge in [0.05, 0.1) is 11.0 Å². The van der Waals surface area contributed by atoms with Gasteiger partial charge in [0.1, 0.15) is 0 Å². The molecule has 0 amide bonds. The average molecular weight is 493 g/mol. The molecule has 0 bridgehead atoms. The third-order valence-corrected chi connectivity index (χ3v) is 5.47. The Bertz CT molecular complexity index is 1360. The van der Waals surface area contributed by atoms with Crippen LogP contribution >= 0.6 is 0 Å². The third-order valence-electron chi connectivity index (χ3n) is 5.47. The van der Waals surface area contributed by atoms with Crippen LogP contribution in [-0.4, -0.2) is 27.3 Å². The summed E-state index contributed by atoms with van der Waals surface area (Å²) in [5.74, 6) is 0.112. The van der Waals surface area contributed by atoms with Crippen LogP contribution in [0.25, 0.3) is 21.8 Å². The average Bonchev–Trinajstić information content (AvgIpc) is 2.75. The maximum absolute atomic E-state index is 11.4. The van der Waals surface area contributed by atoms with E-state index in [9.17, 15) is 15.3 Å². The Morgan fingerprint density at radius 3 is 1.28 bits per heavy atom. The Morgan fingerprint density at radius 1 is 0.528 bits per heavy atom. The van der Waals surface area contributed by atoms with Gasteiger partial charge in [0.2, 0.25) is 0 Å². The minimum Gasteiger partial charge on any atom is -0.872 e. The molecule has 0 aliphatic carbocycles. The van der Waals surface area contributed by atoms with E-state index in [0.717, 1.165) is 44.4 Å². The van der Waals surface area contributed by atoms with Gasteiger partial charge in [-0.2, -0.15) is 0 Å². The Hall–Kier alpha value is -3.59. The number of aromatic nitrogens is 2. The van der Waals surface area contributed by atoms with Crippen molar-refractivity contribution in [2.24, 2.45) is 0 Å². The monoisotopic (exact) mass is 492 g/mol. The van der Waals surface area contributed by atoms with Crippen LogP contribution in [0.3, 0.4) is 0 Å². The van der Waals surface area contributed by atoms with E-state index in [4.69, 9.17) is 0 Å². The van der Waals surface area contributed by atoms with Gasteiger partial charge in [-0.3, -0.25) is 9.97 Å². The van der Waals surface area contributed by atoms with E-state index < -0.39 is 0 Å². The summed E-state index contributed by atoms with van der Waals surface area (Å²) in [4.78, 5) is 8.45. The molecule has 0 atom stereocenters. The fourth-order valence-corrected chi connectivity index (χ4v) is 4.04. The first kappa shape index (κ1) is 28.6. The van der Waals surface area contributed by atoms with Gasteiger partial charge >= 0.3 is 17.4 Å². The molecule has 5 rings (SSSR count). The molecule has 36 heavy (non-hydrogen) atoms. The number of hydrogen-bond donors (Lipinski definition) is 0. The van der Waals surface area contributed by atoms with Crippen molar-refractivity contribution in [3.05, 3.63) is 100 Å². The molecule has 0 saturated carbocycles. The summed E-state index contributed by atoms with van der Waals surface area (Å²) in [7, 11) is 0. The van der Waals surface area contributed by atoms with Crippen molar-refractivity contribution in [3.8, 4) is 17.2 Å². The molecule has 0 saturated heterocycles. The van der Waals surface area contributed by atoms with Crippen molar-refractivity contribution in [1.29, 1.82) is 0 Å². The van der Waals surface area contributed by atoms with Gasteiger partial charge in [0.15, 0.2) is 0 Å². The normalized spacial score (nSPS) is 10.1. The molecular weight excluding hydrogens is 463 g/mol. The number of nitrogens with zero attached hydrogens (tertiary/aromatic N) is 2. The summed E-state index contributed by atoms with van der Waals surface area (Å²) >= 11 is 0. The standard InChI is InChI=1S/2C11H11NO.C8H10O.Al/c2*1-7-6-8(2)12-11-9(7)4-3-5-10(11)13;1-6-3-7(2)5-8(9)4-6;/h2*3-6,13H,1-2H3;3-5,9H,1-2H3;/q;;;+3/p-3. The van der Waals surface area contributed by atoms with E-state index in [0.29, 0.717) is 11.0 Å². The van der Waals surface area contributed by atoms with Crippen molar-refractivity contribution < 1.29 is 15.3 Å². The minimum atomic E-state index is 0. The molecule has 0 aliphatic rings. The van der Waals surface area contributed by atoms with E-state index in [1.54, 1.807) is 36.4 Å². The van der Waals surface area contributed by atoms with Crippen LogP contribution in [-0.2, 0) is 0 Å². The topological polar surface area (TPSA) is 95.0 Å². The van der Waals surface area contributed by atoms with Gasteiger partial charge in [-0.1, -0.05) is 77.2 Å². The first-order valence-electron chi connectivity index (χ1n) is 11.4. The molecule has 180 valence electrons. The number of hydrogen-bond acceptors (Lipinski definition) is 5. The first-order chi connectivity index (χ1) is 16.5. The number of para-hydroxylation sites is 2. The van der Waals surface area contributed by atoms with Gasteiger partial charge in [0.25, 0.3) is 0 Å². The van der Waals surface area contributed by atoms with Gasteiger partial charge in [0, 0.05) is 22.2 Å². The fraction of sp³-hybridized carbons (Fsp3) is 0.200. The number of aryl methyl sites for hydroxylation is 6. The number of fused-ring (bicyclic) bond motifs is 2. The van der Waals surface area contributed by atoms with E-state index in [-0.39, 0.29) is 34.6 Å². The van der Waals surface area contributed by atoms with Crippen molar-refractivity contribution in [3.63, 3.8) is 0 Å². The molecule has 0 N–H and O–H groups in total. The number of pyridine rings is 2. The second-order valence-electron chi connectivity index (χ2n) is 8.79. The molecule has 5 nitrogen and oxygen atoms in total. The zero-order valence-corrected chi connectivity index (χ0v) is 22.7. The van der Waals surface area contributed by atoms with Gasteiger partial charge in [-0.15, -0.1) is 5.75 Å². The maximum atomic E-state index is 11.4. The molecule has 3 aromatic carbocycles. The molecule has 0 unspecified atom stereocenters. The molecule has 0 radical (unpaired) electrons. The Balaban J connectivity index is 0.000000191. The summed E-state index contributed by atoms with van der Waals surface area (Å²) in [6.07, 6.45) is 0. The fourth-order valence-electron chi connectivity index (χ4n) is 4.04. The molecule has 2 aromatic heterocycles. The molecule has 5 aromatic rings. The molecule has 0 fully saturated rings. The summed E-state index contributed by atoms with van der Waals surface area (Å²) in [5, 5.41) is 35.5. The Kier molecular flexibility index (Phi) is 9.86. The largest absolute Gasteiger partial charge is 3.00 e. The maximum Gasteiger partial charge on any atom is 3.00 e. The molecule has 2 heterocycles. The van der Waals surface area contributed by atoms with Crippen molar-refractivity contribution in [1.82, 2.24) is 9.97 Å². The van der Waals surface area contributed by atoms with Crippen LogP contribution in [0.4, 0.5) is 0 Å². The second-order valence-corrected chi connectivity index (χ2v) is 8.79. The van der Waals surface area contributed by atoms with Crippen molar-refractivity contribution in [2.45, 2.75) is 41.5 Å². The molecular formula is C30H29AlN2O3. The van der Waals surface area contributed by atoms with Crippen LogP contribution in [0.2, 0.25) is 0 Å². The first-order valence-corrected chi connectivity index (χ1v) is 11.4. The zero-order valence-electron chi connectivity index (χ0n) is 21.5. The Labute approximate surface area is 223 Å². The van der Waals surface area contributed by atoms with Crippen LogP contribution < -0.4 is 15.3 Å². The van der Waals surface area contributed by atoms with Gasteiger partial charge in [-0.05, 0) is 64.8 Å². The SMILES string of the molecule is Cc1cc(C)c2cccc([O-])c2n1.Cc1cc(C)c2cccc([O-])c2n1.Cc1cc(C)cc([O-])c1.[Al+3]. The molecule has 0 spiro atoms.